The highest BCUT2D eigenvalue weighted by Crippen LogP contribution is 2.48. The van der Waals surface area contributed by atoms with E-state index in [-0.39, 0.29) is 76.3 Å². The predicted molar refractivity (Wildman–Crippen MR) is 253 cm³/mol. The van der Waals surface area contributed by atoms with Gasteiger partial charge in [-0.3, -0.25) is 24.0 Å². The standard InChI is InChI=1S/C45H49ClN8O10S2/c1-25(55)40-39(64-23-37(57)58)38(46)41(65-40)27-8-6-10-29(18-27)47-31-15-16-53(45(2,3)20-31)66(62,63)24-26-7-5-9-28(17-26)49-43(60)52-21-32(22-52)48-30-11-12-33-35(19-30)51(4)44(61)54(33)34-13-14-36(56)50-42(34)59/h5-12,17-19,31-32,34,47-48,55H,1,13-16,20-24H2,2-4H3,(H,49,60)(H,57,58)(H,50,56,59)/t31-,34?/m0/s1. The minimum atomic E-state index is -3.79. The molecule has 6 N–H and O–H groups in total. The number of halogens is 1. The van der Waals surface area contributed by atoms with Crippen LogP contribution < -0.4 is 31.7 Å². The molecule has 66 heavy (non-hydrogen) atoms. The maximum atomic E-state index is 14.0. The van der Waals surface area contributed by atoms with Gasteiger partial charge in [-0.05, 0) is 86.7 Å². The summed E-state index contributed by atoms with van der Waals surface area (Å²) in [6, 6.07) is 18.4. The first-order chi connectivity index (χ1) is 31.3. The summed E-state index contributed by atoms with van der Waals surface area (Å²) < 4.78 is 37.8. The number of imide groups is 1. The molecule has 3 aromatic carbocycles. The van der Waals surface area contributed by atoms with Gasteiger partial charge in [0.15, 0.2) is 12.4 Å². The molecule has 0 bridgehead atoms. The Morgan fingerprint density at radius 3 is 2.38 bits per heavy atom. The number of carbonyl (C=O) groups excluding carboxylic acids is 3. The Labute approximate surface area is 388 Å². The molecule has 5 heterocycles. The molecule has 3 aliphatic rings. The van der Waals surface area contributed by atoms with Gasteiger partial charge in [0, 0.05) is 61.7 Å². The minimum Gasteiger partial charge on any atom is -0.507 e. The van der Waals surface area contributed by atoms with Crippen molar-refractivity contribution in [2.75, 3.05) is 42.2 Å². The van der Waals surface area contributed by atoms with Crippen molar-refractivity contribution < 1.29 is 42.5 Å². The third-order valence-electron chi connectivity index (χ3n) is 12.0. The summed E-state index contributed by atoms with van der Waals surface area (Å²) in [5.74, 6) is -2.57. The summed E-state index contributed by atoms with van der Waals surface area (Å²) in [6.07, 6.45) is 1.43. The number of aryl methyl sites for hydroxylation is 1. The zero-order chi connectivity index (χ0) is 47.2. The quantitative estimate of drug-likeness (QED) is 0.0539. The Morgan fingerprint density at radius 2 is 1.67 bits per heavy atom. The topological polar surface area (TPSA) is 234 Å². The van der Waals surface area contributed by atoms with Gasteiger partial charge in [0.2, 0.25) is 21.8 Å². The number of imidazole rings is 1. The monoisotopic (exact) mass is 960 g/mol. The molecule has 21 heteroatoms. The predicted octanol–water partition coefficient (Wildman–Crippen LogP) is 6.20. The lowest BCUT2D eigenvalue weighted by Crippen LogP contribution is -2.58. The lowest BCUT2D eigenvalue weighted by molar-refractivity contribution is -0.139. The van der Waals surface area contributed by atoms with Crippen molar-refractivity contribution in [1.29, 1.82) is 0 Å². The van der Waals surface area contributed by atoms with Gasteiger partial charge in [0.05, 0.1) is 27.7 Å². The molecule has 0 saturated carbocycles. The largest absolute Gasteiger partial charge is 0.507 e. The number of likely N-dealkylation sites (tertiary alicyclic amines) is 1. The van der Waals surface area contributed by atoms with Gasteiger partial charge in [-0.2, -0.15) is 4.31 Å². The highest BCUT2D eigenvalue weighted by molar-refractivity contribution is 7.88. The number of benzene rings is 3. The molecule has 3 fully saturated rings. The van der Waals surface area contributed by atoms with E-state index in [9.17, 15) is 37.5 Å². The number of aliphatic hydroxyl groups is 1. The number of thiophene rings is 1. The van der Waals surface area contributed by atoms with E-state index in [2.05, 4.69) is 27.8 Å². The van der Waals surface area contributed by atoms with E-state index < -0.39 is 40.1 Å². The first-order valence-electron chi connectivity index (χ1n) is 21.2. The highest BCUT2D eigenvalue weighted by atomic mass is 35.5. The van der Waals surface area contributed by atoms with E-state index in [0.29, 0.717) is 58.7 Å². The van der Waals surface area contributed by atoms with Crippen LogP contribution >= 0.6 is 22.9 Å². The number of ether oxygens (including phenoxy) is 1. The molecule has 0 spiro atoms. The van der Waals surface area contributed by atoms with Gasteiger partial charge in [-0.15, -0.1) is 11.3 Å². The second-order valence-electron chi connectivity index (χ2n) is 17.3. The van der Waals surface area contributed by atoms with Crippen LogP contribution in [0.4, 0.5) is 21.9 Å². The number of rotatable bonds is 14. The van der Waals surface area contributed by atoms with Crippen LogP contribution in [0, 0.1) is 0 Å². The normalized spacial score (nSPS) is 18.9. The number of hydrogen-bond donors (Lipinski definition) is 6. The Hall–Kier alpha value is -6.35. The number of carboxylic acid groups (broad SMARTS) is 1. The molecule has 0 radical (unpaired) electrons. The molecule has 4 amide bonds. The van der Waals surface area contributed by atoms with Gasteiger partial charge >= 0.3 is 17.7 Å². The average Bonchev–Trinajstić information content (AvgIpc) is 3.69. The van der Waals surface area contributed by atoms with Crippen molar-refractivity contribution in [2.45, 2.75) is 68.9 Å². The van der Waals surface area contributed by atoms with Crippen LogP contribution in [0.2, 0.25) is 5.02 Å². The zero-order valence-electron chi connectivity index (χ0n) is 36.3. The number of fused-ring (bicyclic) bond motifs is 1. The average molecular weight is 962 g/mol. The number of aromatic nitrogens is 2. The molecule has 0 aliphatic carbocycles. The van der Waals surface area contributed by atoms with Crippen molar-refractivity contribution in [3.63, 3.8) is 0 Å². The summed E-state index contributed by atoms with van der Waals surface area (Å²) in [4.78, 5) is 64.2. The first kappa shape index (κ1) is 46.2. The van der Waals surface area contributed by atoms with Gasteiger partial charge in [0.1, 0.15) is 21.7 Å². The molecule has 1 unspecified atom stereocenters. The van der Waals surface area contributed by atoms with E-state index in [1.807, 2.05) is 50.2 Å². The number of nitrogens with one attached hydrogen (secondary N) is 4. The smallest absolute Gasteiger partial charge is 0.341 e. The molecular weight excluding hydrogens is 912 g/mol. The fourth-order valence-electron chi connectivity index (χ4n) is 8.93. The van der Waals surface area contributed by atoms with Crippen molar-refractivity contribution >= 4 is 90.6 Å². The number of aliphatic carboxylic acids is 1. The number of urea groups is 1. The van der Waals surface area contributed by atoms with E-state index >= 15 is 0 Å². The summed E-state index contributed by atoms with van der Waals surface area (Å²) in [5, 5.41) is 31.5. The van der Waals surface area contributed by atoms with Crippen molar-refractivity contribution in [1.82, 2.24) is 23.7 Å². The molecule has 2 atom stereocenters. The number of piperidine rings is 2. The molecule has 3 saturated heterocycles. The van der Waals surface area contributed by atoms with Crippen LogP contribution in [0.25, 0.3) is 27.2 Å². The number of hydrogen-bond acceptors (Lipinski definition) is 12. The third-order valence-corrected chi connectivity index (χ3v) is 15.8. The van der Waals surface area contributed by atoms with Gasteiger partial charge in [-0.25, -0.2) is 22.8 Å². The fraction of sp³-hybridized carbons (Fsp3) is 0.356. The fourth-order valence-corrected chi connectivity index (χ4v) is 12.3. The summed E-state index contributed by atoms with van der Waals surface area (Å²) in [7, 11) is -2.16. The van der Waals surface area contributed by atoms with Crippen LogP contribution in [-0.2, 0) is 37.2 Å². The maximum Gasteiger partial charge on any atom is 0.341 e. The molecule has 5 aromatic rings. The number of carboxylic acids is 1. The van der Waals surface area contributed by atoms with Crippen molar-refractivity contribution in [2.24, 2.45) is 7.05 Å². The Morgan fingerprint density at radius 1 is 0.955 bits per heavy atom. The zero-order valence-corrected chi connectivity index (χ0v) is 38.7. The van der Waals surface area contributed by atoms with E-state index in [1.165, 1.54) is 9.13 Å². The Balaban J connectivity index is 0.845. The van der Waals surface area contributed by atoms with Crippen LogP contribution in [-0.4, -0.2) is 105 Å². The van der Waals surface area contributed by atoms with Gasteiger partial charge < -0.3 is 35.8 Å². The lowest BCUT2D eigenvalue weighted by Gasteiger charge is -2.45. The molecule has 348 valence electrons. The third kappa shape index (κ3) is 9.49. The van der Waals surface area contributed by atoms with Crippen LogP contribution in [0.15, 0.2) is 78.1 Å². The molecular formula is C45H49ClN8O10S2. The SMILES string of the molecule is C=C(O)c1sc(-c2cccc(N[C@H]3CCN(S(=O)(=O)Cc4cccc(NC(=O)N5CC(Nc6ccc7c(c6)n(C)c(=O)n7C6CCC(=O)NC6=O)C5)c4)C(C)(C)C3)c2)c(Cl)c1OCC(=O)O. The van der Waals surface area contributed by atoms with Crippen molar-refractivity contribution in [3.05, 3.63) is 99.3 Å². The van der Waals surface area contributed by atoms with Crippen LogP contribution in [0.3, 0.4) is 0 Å². The second kappa shape index (κ2) is 18.1. The number of nitrogens with zero attached hydrogens (tertiary/aromatic N) is 4. The maximum absolute atomic E-state index is 14.0. The van der Waals surface area contributed by atoms with E-state index in [4.69, 9.17) is 21.4 Å². The lowest BCUT2D eigenvalue weighted by atomic mass is 9.89. The van der Waals surface area contributed by atoms with Crippen molar-refractivity contribution in [3.8, 4) is 16.2 Å². The number of anilines is 3. The number of sulfonamides is 1. The van der Waals surface area contributed by atoms with Gasteiger partial charge in [0.25, 0.3) is 0 Å². The molecule has 18 nitrogen and oxygen atoms in total. The van der Waals surface area contributed by atoms with E-state index in [0.717, 1.165) is 22.7 Å². The first-order valence-corrected chi connectivity index (χ1v) is 24.0. The van der Waals surface area contributed by atoms with Crippen LogP contribution in [0.5, 0.6) is 5.75 Å². The Kier molecular flexibility index (Phi) is 12.7. The summed E-state index contributed by atoms with van der Waals surface area (Å²) in [6.45, 7) is 7.79. The minimum absolute atomic E-state index is 0.0408. The molecule has 3 aliphatic heterocycles. The highest BCUT2D eigenvalue weighted by Gasteiger charge is 2.42. The van der Waals surface area contributed by atoms with Gasteiger partial charge in [-0.1, -0.05) is 42.4 Å². The molecule has 8 rings (SSSR count). The number of amides is 4. The van der Waals surface area contributed by atoms with Crippen LogP contribution in [0.1, 0.15) is 56.0 Å². The molecule has 2 aromatic heterocycles. The van der Waals surface area contributed by atoms with E-state index in [1.54, 1.807) is 46.6 Å². The number of carbonyl (C=O) groups is 4. The summed E-state index contributed by atoms with van der Waals surface area (Å²) in [5.41, 5.74) is 3.29. The number of aliphatic hydroxyl groups excluding tert-OH is 1. The Bertz CT molecular complexity index is 2960. The summed E-state index contributed by atoms with van der Waals surface area (Å²) >= 11 is 7.75. The second-order valence-corrected chi connectivity index (χ2v) is 20.6.